The van der Waals surface area contributed by atoms with E-state index in [-0.39, 0.29) is 6.03 Å². The molecule has 0 spiro atoms. The Balaban J connectivity index is 1.73. The zero-order valence-corrected chi connectivity index (χ0v) is 11.7. The van der Waals surface area contributed by atoms with Crippen LogP contribution in [0.3, 0.4) is 0 Å². The van der Waals surface area contributed by atoms with Gasteiger partial charge < -0.3 is 10.6 Å². The van der Waals surface area contributed by atoms with E-state index < -0.39 is 0 Å². The van der Waals surface area contributed by atoms with Crippen LogP contribution in [-0.4, -0.2) is 43.2 Å². The number of nitrogens with one attached hydrogen (secondary N) is 2. The van der Waals surface area contributed by atoms with Gasteiger partial charge >= 0.3 is 6.03 Å². The van der Waals surface area contributed by atoms with Crippen molar-refractivity contribution in [1.29, 1.82) is 0 Å². The van der Waals surface area contributed by atoms with Gasteiger partial charge in [-0.05, 0) is 37.6 Å². The van der Waals surface area contributed by atoms with Crippen molar-refractivity contribution in [3.05, 3.63) is 0 Å². The average Bonchev–Trinajstić information content (AvgIpc) is 2.43. The van der Waals surface area contributed by atoms with Gasteiger partial charge in [-0.15, -0.1) is 0 Å². The monoisotopic (exact) mass is 253 g/mol. The molecule has 0 aliphatic carbocycles. The highest BCUT2D eigenvalue weighted by Gasteiger charge is 2.38. The van der Waals surface area contributed by atoms with Gasteiger partial charge in [0, 0.05) is 25.7 Å². The first-order chi connectivity index (χ1) is 8.74. The summed E-state index contributed by atoms with van der Waals surface area (Å²) in [5.41, 5.74) is 0. The topological polar surface area (TPSA) is 44.4 Å². The molecule has 0 radical (unpaired) electrons. The number of piperidine rings is 3. The third kappa shape index (κ3) is 3.16. The van der Waals surface area contributed by atoms with E-state index in [0.29, 0.717) is 6.04 Å². The predicted molar refractivity (Wildman–Crippen MR) is 73.6 cm³/mol. The van der Waals surface area contributed by atoms with Crippen molar-refractivity contribution in [3.63, 3.8) is 0 Å². The summed E-state index contributed by atoms with van der Waals surface area (Å²) in [6.45, 7) is 8.41. The minimum absolute atomic E-state index is 0.00783. The van der Waals surface area contributed by atoms with Gasteiger partial charge in [-0.25, -0.2) is 4.79 Å². The van der Waals surface area contributed by atoms with Crippen molar-refractivity contribution < 1.29 is 4.79 Å². The second kappa shape index (κ2) is 6.41. The van der Waals surface area contributed by atoms with Gasteiger partial charge in [0.2, 0.25) is 0 Å². The lowest BCUT2D eigenvalue weighted by Gasteiger charge is -2.49. The number of carbonyl (C=O) groups excluding carboxylic acids is 1. The fourth-order valence-corrected chi connectivity index (χ4v) is 3.44. The summed E-state index contributed by atoms with van der Waals surface area (Å²) in [6, 6.07) is 0.561. The maximum atomic E-state index is 11.5. The summed E-state index contributed by atoms with van der Waals surface area (Å²) in [4.78, 5) is 14.1. The molecule has 3 heterocycles. The number of rotatable bonds is 5. The third-order valence-corrected chi connectivity index (χ3v) is 4.57. The first kappa shape index (κ1) is 13.7. The molecule has 0 aromatic heterocycles. The number of hydrogen-bond donors (Lipinski definition) is 2. The van der Waals surface area contributed by atoms with Gasteiger partial charge in [-0.3, -0.25) is 4.90 Å². The van der Waals surface area contributed by atoms with E-state index in [1.165, 1.54) is 32.4 Å². The highest BCUT2D eigenvalue weighted by atomic mass is 16.2. The van der Waals surface area contributed by atoms with E-state index in [2.05, 4.69) is 29.4 Å². The molecule has 3 fully saturated rings. The predicted octanol–water partition coefficient (Wildman–Crippen LogP) is 1.82. The molecular weight excluding hydrogens is 226 g/mol. The molecule has 4 heteroatoms. The summed E-state index contributed by atoms with van der Waals surface area (Å²) in [6.07, 6.45) is 4.92. The lowest BCUT2D eigenvalue weighted by Crippen LogP contribution is -2.57. The number of carbonyl (C=O) groups is 1. The normalized spacial score (nSPS) is 34.3. The summed E-state index contributed by atoms with van der Waals surface area (Å²) in [7, 11) is 0. The Morgan fingerprint density at radius 1 is 1.33 bits per heavy atom. The first-order valence-corrected chi connectivity index (χ1v) is 7.50. The van der Waals surface area contributed by atoms with Crippen LogP contribution in [0, 0.1) is 11.8 Å². The van der Waals surface area contributed by atoms with Crippen LogP contribution in [0.4, 0.5) is 4.79 Å². The highest BCUT2D eigenvalue weighted by molar-refractivity contribution is 5.73. The molecule has 3 aliphatic heterocycles. The lowest BCUT2D eigenvalue weighted by atomic mass is 9.74. The molecule has 3 saturated heterocycles. The van der Waals surface area contributed by atoms with Crippen molar-refractivity contribution >= 4 is 6.03 Å². The molecule has 18 heavy (non-hydrogen) atoms. The second-order valence-corrected chi connectivity index (χ2v) is 5.74. The minimum atomic E-state index is -0.00783. The molecule has 104 valence electrons. The molecule has 4 nitrogen and oxygen atoms in total. The van der Waals surface area contributed by atoms with Gasteiger partial charge in [-0.2, -0.15) is 0 Å². The second-order valence-electron chi connectivity index (χ2n) is 5.74. The minimum Gasteiger partial charge on any atom is -0.338 e. The van der Waals surface area contributed by atoms with Crippen LogP contribution in [0.2, 0.25) is 0 Å². The SMILES string of the molecule is CCCNC(=O)NC[C@H]1C[C@@H]2CCN1C[C@@H]2CC. The van der Waals surface area contributed by atoms with Crippen LogP contribution < -0.4 is 10.6 Å². The number of hydrogen-bond acceptors (Lipinski definition) is 2. The Hall–Kier alpha value is -0.770. The molecule has 0 aromatic carbocycles. The lowest BCUT2D eigenvalue weighted by molar-refractivity contribution is 0.00145. The first-order valence-electron chi connectivity index (χ1n) is 7.50. The Morgan fingerprint density at radius 3 is 2.78 bits per heavy atom. The van der Waals surface area contributed by atoms with E-state index in [1.807, 2.05) is 0 Å². The summed E-state index contributed by atoms with van der Waals surface area (Å²) < 4.78 is 0. The maximum Gasteiger partial charge on any atom is 0.314 e. The van der Waals surface area contributed by atoms with Gasteiger partial charge in [-0.1, -0.05) is 20.3 Å². The van der Waals surface area contributed by atoms with Crippen molar-refractivity contribution in [2.24, 2.45) is 11.8 Å². The standard InChI is InChI=1S/C14H27N3O/c1-3-6-15-14(18)16-9-13-8-12-5-7-17(13)10-11(12)4-2/h11-13H,3-10H2,1-2H3,(H2,15,16,18)/t11-,12-,13+/m0/s1. The fraction of sp³-hybridized carbons (Fsp3) is 0.929. The smallest absolute Gasteiger partial charge is 0.314 e. The van der Waals surface area contributed by atoms with Crippen LogP contribution in [0.25, 0.3) is 0 Å². The van der Waals surface area contributed by atoms with Crippen LogP contribution in [0.5, 0.6) is 0 Å². The molecule has 3 rings (SSSR count). The zero-order valence-electron chi connectivity index (χ0n) is 11.7. The molecule has 2 amide bonds. The summed E-state index contributed by atoms with van der Waals surface area (Å²) in [5, 5.41) is 5.88. The van der Waals surface area contributed by atoms with Crippen LogP contribution in [0.1, 0.15) is 39.5 Å². The fourth-order valence-electron chi connectivity index (χ4n) is 3.44. The largest absolute Gasteiger partial charge is 0.338 e. The number of nitrogens with zero attached hydrogens (tertiary/aromatic N) is 1. The molecule has 4 atom stereocenters. The number of amides is 2. The van der Waals surface area contributed by atoms with Crippen molar-refractivity contribution in [2.75, 3.05) is 26.2 Å². The van der Waals surface area contributed by atoms with E-state index in [9.17, 15) is 4.79 Å². The van der Waals surface area contributed by atoms with Gasteiger partial charge in [0.15, 0.2) is 0 Å². The molecular formula is C14H27N3O. The number of urea groups is 1. The quantitative estimate of drug-likeness (QED) is 0.785. The molecule has 1 unspecified atom stereocenters. The molecule has 3 aliphatic rings. The number of fused-ring (bicyclic) bond motifs is 3. The van der Waals surface area contributed by atoms with Crippen LogP contribution in [-0.2, 0) is 0 Å². The van der Waals surface area contributed by atoms with Gasteiger partial charge in [0.05, 0.1) is 0 Å². The Labute approximate surface area is 110 Å². The van der Waals surface area contributed by atoms with Crippen LogP contribution >= 0.6 is 0 Å². The van der Waals surface area contributed by atoms with E-state index in [0.717, 1.165) is 31.3 Å². The Kier molecular flexibility index (Phi) is 4.87. The van der Waals surface area contributed by atoms with Crippen molar-refractivity contribution in [3.8, 4) is 0 Å². The molecule has 2 N–H and O–H groups in total. The van der Waals surface area contributed by atoms with Gasteiger partial charge in [0.25, 0.3) is 0 Å². The van der Waals surface area contributed by atoms with Crippen LogP contribution in [0.15, 0.2) is 0 Å². The Morgan fingerprint density at radius 2 is 2.17 bits per heavy atom. The zero-order chi connectivity index (χ0) is 13.0. The van der Waals surface area contributed by atoms with Crippen molar-refractivity contribution in [2.45, 2.75) is 45.6 Å². The third-order valence-electron chi connectivity index (χ3n) is 4.57. The molecule has 0 aromatic rings. The maximum absolute atomic E-state index is 11.5. The average molecular weight is 253 g/mol. The summed E-state index contributed by atoms with van der Waals surface area (Å²) in [5.74, 6) is 1.79. The molecule has 0 saturated carbocycles. The van der Waals surface area contributed by atoms with E-state index in [1.54, 1.807) is 0 Å². The summed E-state index contributed by atoms with van der Waals surface area (Å²) >= 11 is 0. The Bertz CT molecular complexity index is 282. The van der Waals surface area contributed by atoms with E-state index >= 15 is 0 Å². The van der Waals surface area contributed by atoms with E-state index in [4.69, 9.17) is 0 Å². The highest BCUT2D eigenvalue weighted by Crippen LogP contribution is 2.37. The van der Waals surface area contributed by atoms with Gasteiger partial charge in [0.1, 0.15) is 0 Å². The molecule has 2 bridgehead atoms. The van der Waals surface area contributed by atoms with Crippen molar-refractivity contribution in [1.82, 2.24) is 15.5 Å².